The van der Waals surface area contributed by atoms with Gasteiger partial charge in [0.25, 0.3) is 0 Å². The van der Waals surface area contributed by atoms with E-state index in [1.807, 2.05) is 0 Å². The summed E-state index contributed by atoms with van der Waals surface area (Å²) in [6.07, 6.45) is 5.39. The van der Waals surface area contributed by atoms with Crippen LogP contribution in [0.3, 0.4) is 0 Å². The number of benzene rings is 1. The zero-order valence-electron chi connectivity index (χ0n) is 14.6. The summed E-state index contributed by atoms with van der Waals surface area (Å²) in [4.78, 5) is 11.0. The third-order valence-corrected chi connectivity index (χ3v) is 4.75. The van der Waals surface area contributed by atoms with Crippen molar-refractivity contribution in [3.63, 3.8) is 0 Å². The molecular weight excluding hydrogens is 333 g/mol. The van der Waals surface area contributed by atoms with E-state index >= 15 is 0 Å². The molecule has 3 aromatic rings. The Bertz CT molecular complexity index is 873. The van der Waals surface area contributed by atoms with E-state index in [0.29, 0.717) is 22.5 Å². The minimum absolute atomic E-state index is 0.259. The molecule has 3 heterocycles. The molecular formula is C18H22FN7. The zero-order valence-corrected chi connectivity index (χ0v) is 14.6. The second-order valence-electron chi connectivity index (χ2n) is 6.56. The van der Waals surface area contributed by atoms with Gasteiger partial charge in [0.05, 0.1) is 6.54 Å². The second-order valence-corrected chi connectivity index (χ2v) is 6.56. The van der Waals surface area contributed by atoms with Crippen LogP contribution in [0, 0.1) is 5.82 Å². The van der Waals surface area contributed by atoms with Crippen LogP contribution in [0.5, 0.6) is 0 Å². The lowest BCUT2D eigenvalue weighted by molar-refractivity contribution is 0.237. The summed E-state index contributed by atoms with van der Waals surface area (Å²) >= 11 is 0. The summed E-state index contributed by atoms with van der Waals surface area (Å²) in [6, 6.07) is 6.66. The number of piperidine rings is 1. The highest BCUT2D eigenvalue weighted by atomic mass is 19.1. The third-order valence-electron chi connectivity index (χ3n) is 4.75. The van der Waals surface area contributed by atoms with Crippen LogP contribution < -0.4 is 5.32 Å². The van der Waals surface area contributed by atoms with E-state index in [1.54, 1.807) is 22.9 Å². The molecule has 0 bridgehead atoms. The summed E-state index contributed by atoms with van der Waals surface area (Å²) in [7, 11) is 0. The summed E-state index contributed by atoms with van der Waals surface area (Å²) in [5, 5.41) is 11.7. The number of nitrogens with one attached hydrogen (secondary N) is 1. The van der Waals surface area contributed by atoms with Crippen molar-refractivity contribution < 1.29 is 4.39 Å². The second kappa shape index (κ2) is 7.74. The first-order valence-electron chi connectivity index (χ1n) is 9.05. The molecule has 8 heteroatoms. The molecule has 1 N–H and O–H groups in total. The lowest BCUT2D eigenvalue weighted by Crippen LogP contribution is -2.33. The van der Waals surface area contributed by atoms with Gasteiger partial charge in [-0.1, -0.05) is 29.8 Å². The molecule has 0 spiro atoms. The Morgan fingerprint density at radius 2 is 1.92 bits per heavy atom. The molecule has 4 rings (SSSR count). The normalized spacial score (nSPS) is 15.4. The standard InChI is InChI=1S/C18H22FN7/c19-15-7-3-2-6-14(15)12-26-18-16(23-24-26)17(21-13-22-18)20-8-11-25-9-4-1-5-10-25/h2-3,6-7,13H,1,4-5,8-12H2,(H,20,21,22). The predicted octanol–water partition coefficient (Wildman–Crippen LogP) is 2.31. The van der Waals surface area contributed by atoms with E-state index in [1.165, 1.54) is 44.7 Å². The van der Waals surface area contributed by atoms with E-state index < -0.39 is 0 Å². The van der Waals surface area contributed by atoms with Gasteiger partial charge in [0.1, 0.15) is 12.1 Å². The van der Waals surface area contributed by atoms with Crippen LogP contribution >= 0.6 is 0 Å². The Balaban J connectivity index is 1.47. The van der Waals surface area contributed by atoms with Crippen LogP contribution in [0.2, 0.25) is 0 Å². The highest BCUT2D eigenvalue weighted by molar-refractivity contribution is 5.81. The first-order chi connectivity index (χ1) is 12.8. The molecule has 0 unspecified atom stereocenters. The predicted molar refractivity (Wildman–Crippen MR) is 97.4 cm³/mol. The van der Waals surface area contributed by atoms with Gasteiger partial charge in [-0.25, -0.2) is 19.0 Å². The number of aromatic nitrogens is 5. The molecule has 2 aromatic heterocycles. The van der Waals surface area contributed by atoms with Crippen molar-refractivity contribution in [2.45, 2.75) is 25.8 Å². The molecule has 1 fully saturated rings. The molecule has 0 atom stereocenters. The quantitative estimate of drug-likeness (QED) is 0.732. The Labute approximate surface area is 151 Å². The topological polar surface area (TPSA) is 71.8 Å². The van der Waals surface area contributed by atoms with Gasteiger partial charge in [-0.2, -0.15) is 0 Å². The van der Waals surface area contributed by atoms with Crippen LogP contribution in [0.1, 0.15) is 24.8 Å². The highest BCUT2D eigenvalue weighted by Crippen LogP contribution is 2.18. The summed E-state index contributed by atoms with van der Waals surface area (Å²) < 4.78 is 15.5. The van der Waals surface area contributed by atoms with Crippen molar-refractivity contribution in [2.75, 3.05) is 31.5 Å². The molecule has 1 saturated heterocycles. The Kier molecular flexibility index (Phi) is 5.01. The summed E-state index contributed by atoms with van der Waals surface area (Å²) in [5.74, 6) is 0.414. The Hall–Kier alpha value is -2.61. The van der Waals surface area contributed by atoms with Crippen LogP contribution in [-0.4, -0.2) is 56.0 Å². The van der Waals surface area contributed by atoms with Crippen molar-refractivity contribution in [3.8, 4) is 0 Å². The monoisotopic (exact) mass is 355 g/mol. The number of fused-ring (bicyclic) bond motifs is 1. The van der Waals surface area contributed by atoms with Crippen molar-refractivity contribution >= 4 is 17.0 Å². The van der Waals surface area contributed by atoms with Gasteiger partial charge in [-0.05, 0) is 32.0 Å². The van der Waals surface area contributed by atoms with Gasteiger partial charge >= 0.3 is 0 Å². The molecule has 1 aliphatic rings. The van der Waals surface area contributed by atoms with E-state index in [9.17, 15) is 4.39 Å². The number of halogens is 1. The number of likely N-dealkylation sites (tertiary alicyclic amines) is 1. The maximum atomic E-state index is 13.9. The maximum absolute atomic E-state index is 13.9. The van der Waals surface area contributed by atoms with Gasteiger partial charge < -0.3 is 10.2 Å². The SMILES string of the molecule is Fc1ccccc1Cn1nnc2c(NCCN3CCCCC3)ncnc21. The number of rotatable bonds is 6. The van der Waals surface area contributed by atoms with Gasteiger partial charge in [-0.3, -0.25) is 0 Å². The lowest BCUT2D eigenvalue weighted by Gasteiger charge is -2.26. The van der Waals surface area contributed by atoms with Gasteiger partial charge in [0, 0.05) is 18.7 Å². The van der Waals surface area contributed by atoms with Gasteiger partial charge in [0.2, 0.25) is 0 Å². The van der Waals surface area contributed by atoms with E-state index in [-0.39, 0.29) is 12.4 Å². The van der Waals surface area contributed by atoms with Crippen LogP contribution in [0.15, 0.2) is 30.6 Å². The van der Waals surface area contributed by atoms with Gasteiger partial charge in [0.15, 0.2) is 17.0 Å². The average molecular weight is 355 g/mol. The number of hydrogen-bond acceptors (Lipinski definition) is 6. The van der Waals surface area contributed by atoms with Crippen molar-refractivity contribution in [1.82, 2.24) is 29.9 Å². The van der Waals surface area contributed by atoms with Crippen molar-refractivity contribution in [3.05, 3.63) is 42.0 Å². The fourth-order valence-electron chi connectivity index (χ4n) is 3.33. The summed E-state index contributed by atoms with van der Waals surface area (Å²) in [5.41, 5.74) is 1.77. The fraction of sp³-hybridized carbons (Fsp3) is 0.444. The number of hydrogen-bond donors (Lipinski definition) is 1. The molecule has 136 valence electrons. The van der Waals surface area contributed by atoms with E-state index in [2.05, 4.69) is 30.5 Å². The molecule has 0 amide bonds. The van der Waals surface area contributed by atoms with Crippen molar-refractivity contribution in [1.29, 1.82) is 0 Å². The molecule has 1 aromatic carbocycles. The van der Waals surface area contributed by atoms with Gasteiger partial charge in [-0.15, -0.1) is 5.10 Å². The molecule has 0 saturated carbocycles. The fourth-order valence-corrected chi connectivity index (χ4v) is 3.33. The largest absolute Gasteiger partial charge is 0.367 e. The van der Waals surface area contributed by atoms with E-state index in [4.69, 9.17) is 0 Å². The molecule has 0 aliphatic carbocycles. The Morgan fingerprint density at radius 1 is 1.08 bits per heavy atom. The first-order valence-corrected chi connectivity index (χ1v) is 9.05. The first kappa shape index (κ1) is 16.8. The Morgan fingerprint density at radius 3 is 2.77 bits per heavy atom. The highest BCUT2D eigenvalue weighted by Gasteiger charge is 2.14. The molecule has 0 radical (unpaired) electrons. The average Bonchev–Trinajstić information content (AvgIpc) is 3.08. The smallest absolute Gasteiger partial charge is 0.184 e. The third kappa shape index (κ3) is 3.65. The van der Waals surface area contributed by atoms with Crippen LogP contribution in [0.4, 0.5) is 10.2 Å². The summed E-state index contributed by atoms with van der Waals surface area (Å²) in [6.45, 7) is 4.40. The molecule has 1 aliphatic heterocycles. The molecule has 26 heavy (non-hydrogen) atoms. The minimum atomic E-state index is -0.259. The number of nitrogens with zero attached hydrogens (tertiary/aromatic N) is 6. The number of anilines is 1. The van der Waals surface area contributed by atoms with Crippen LogP contribution in [0.25, 0.3) is 11.2 Å². The lowest BCUT2D eigenvalue weighted by atomic mass is 10.1. The van der Waals surface area contributed by atoms with Crippen molar-refractivity contribution in [2.24, 2.45) is 0 Å². The van der Waals surface area contributed by atoms with Crippen LogP contribution in [-0.2, 0) is 6.54 Å². The minimum Gasteiger partial charge on any atom is -0.367 e. The maximum Gasteiger partial charge on any atom is 0.184 e. The molecule has 7 nitrogen and oxygen atoms in total. The van der Waals surface area contributed by atoms with E-state index in [0.717, 1.165) is 13.1 Å². The zero-order chi connectivity index (χ0) is 17.8.